The van der Waals surface area contributed by atoms with Crippen LogP contribution in [-0.4, -0.2) is 11.1 Å². The molecule has 0 bridgehead atoms. The lowest BCUT2D eigenvalue weighted by Gasteiger charge is -2.08. The lowest BCUT2D eigenvalue weighted by atomic mass is 10.2. The number of carboxylic acid groups (broad SMARTS) is 1. The van der Waals surface area contributed by atoms with Gasteiger partial charge in [-0.05, 0) is 36.4 Å². The summed E-state index contributed by atoms with van der Waals surface area (Å²) < 4.78 is 6.33. The Morgan fingerprint density at radius 2 is 2.05 bits per heavy atom. The van der Waals surface area contributed by atoms with Crippen LogP contribution in [-0.2, 0) is 0 Å². The molecule has 1 N–H and O–H groups in total. The SMILES string of the molecule is N#Cc1ccc(Br)cc1Oc1cccc(C(=O)O)c1. The van der Waals surface area contributed by atoms with Crippen molar-refractivity contribution in [3.8, 4) is 17.6 Å². The Morgan fingerprint density at radius 3 is 2.74 bits per heavy atom. The van der Waals surface area contributed by atoms with Crippen molar-refractivity contribution < 1.29 is 14.6 Å². The van der Waals surface area contributed by atoms with Crippen molar-refractivity contribution in [2.24, 2.45) is 0 Å². The third kappa shape index (κ3) is 3.12. The smallest absolute Gasteiger partial charge is 0.335 e. The van der Waals surface area contributed by atoms with E-state index in [-0.39, 0.29) is 5.56 Å². The van der Waals surface area contributed by atoms with Gasteiger partial charge in [0.15, 0.2) is 0 Å². The quantitative estimate of drug-likeness (QED) is 0.934. The van der Waals surface area contributed by atoms with Crippen molar-refractivity contribution in [3.63, 3.8) is 0 Å². The van der Waals surface area contributed by atoms with Crippen LogP contribution in [0.15, 0.2) is 46.9 Å². The van der Waals surface area contributed by atoms with Gasteiger partial charge in [-0.15, -0.1) is 0 Å². The first-order valence-electron chi connectivity index (χ1n) is 5.31. The zero-order chi connectivity index (χ0) is 13.8. The van der Waals surface area contributed by atoms with E-state index in [0.717, 1.165) is 4.47 Å². The molecule has 5 heteroatoms. The van der Waals surface area contributed by atoms with Crippen LogP contribution in [0.2, 0.25) is 0 Å². The van der Waals surface area contributed by atoms with E-state index in [2.05, 4.69) is 15.9 Å². The summed E-state index contributed by atoms with van der Waals surface area (Å²) in [5, 5.41) is 17.9. The van der Waals surface area contributed by atoms with Crippen molar-refractivity contribution in [2.45, 2.75) is 0 Å². The molecule has 94 valence electrons. The number of ether oxygens (including phenoxy) is 1. The van der Waals surface area contributed by atoms with E-state index in [1.165, 1.54) is 12.1 Å². The number of nitrogens with zero attached hydrogens (tertiary/aromatic N) is 1. The van der Waals surface area contributed by atoms with Gasteiger partial charge in [0.05, 0.1) is 11.1 Å². The number of rotatable bonds is 3. The van der Waals surface area contributed by atoms with E-state index < -0.39 is 5.97 Å². The summed E-state index contributed by atoms with van der Waals surface area (Å²) in [6, 6.07) is 13.1. The minimum Gasteiger partial charge on any atom is -0.478 e. The topological polar surface area (TPSA) is 70.3 Å². The number of hydrogen-bond donors (Lipinski definition) is 1. The summed E-state index contributed by atoms with van der Waals surface area (Å²) in [7, 11) is 0. The molecule has 0 aliphatic carbocycles. The van der Waals surface area contributed by atoms with Crippen LogP contribution in [0.25, 0.3) is 0 Å². The van der Waals surface area contributed by atoms with Crippen molar-refractivity contribution >= 4 is 21.9 Å². The number of carbonyl (C=O) groups is 1. The highest BCUT2D eigenvalue weighted by atomic mass is 79.9. The molecule has 2 rings (SSSR count). The fourth-order valence-corrected chi connectivity index (χ4v) is 1.83. The molecule has 0 saturated heterocycles. The Morgan fingerprint density at radius 1 is 1.26 bits per heavy atom. The molecule has 4 nitrogen and oxygen atoms in total. The van der Waals surface area contributed by atoms with Crippen molar-refractivity contribution in [1.82, 2.24) is 0 Å². The van der Waals surface area contributed by atoms with Gasteiger partial charge in [-0.2, -0.15) is 5.26 Å². The lowest BCUT2D eigenvalue weighted by molar-refractivity contribution is 0.0696. The fraction of sp³-hybridized carbons (Fsp3) is 0. The second-order valence-corrected chi connectivity index (χ2v) is 4.60. The number of aromatic carboxylic acids is 1. The largest absolute Gasteiger partial charge is 0.478 e. The van der Waals surface area contributed by atoms with Gasteiger partial charge in [0.25, 0.3) is 0 Å². The molecule has 0 unspecified atom stereocenters. The fourth-order valence-electron chi connectivity index (χ4n) is 1.49. The molecule has 0 amide bonds. The van der Waals surface area contributed by atoms with Gasteiger partial charge in [0, 0.05) is 4.47 Å². The predicted molar refractivity (Wildman–Crippen MR) is 72.3 cm³/mol. The summed E-state index contributed by atoms with van der Waals surface area (Å²) in [5.41, 5.74) is 0.509. The van der Waals surface area contributed by atoms with Crippen LogP contribution in [0.4, 0.5) is 0 Å². The third-order valence-electron chi connectivity index (χ3n) is 2.37. The molecule has 2 aromatic rings. The number of benzene rings is 2. The van der Waals surface area contributed by atoms with E-state index >= 15 is 0 Å². The van der Waals surface area contributed by atoms with Crippen LogP contribution in [0.5, 0.6) is 11.5 Å². The zero-order valence-corrected chi connectivity index (χ0v) is 11.2. The predicted octanol–water partition coefficient (Wildman–Crippen LogP) is 3.81. The molecule has 0 fully saturated rings. The lowest BCUT2D eigenvalue weighted by Crippen LogP contribution is -1.96. The highest BCUT2D eigenvalue weighted by molar-refractivity contribution is 9.10. The standard InChI is InChI=1S/C14H8BrNO3/c15-11-5-4-10(8-16)13(7-11)19-12-3-1-2-9(6-12)14(17)18/h1-7H,(H,17,18). The molecular weight excluding hydrogens is 310 g/mol. The van der Waals surface area contributed by atoms with Crippen LogP contribution >= 0.6 is 15.9 Å². The van der Waals surface area contributed by atoms with Gasteiger partial charge >= 0.3 is 5.97 Å². The molecule has 0 atom stereocenters. The molecule has 19 heavy (non-hydrogen) atoms. The average molecular weight is 318 g/mol. The maximum atomic E-state index is 10.9. The number of halogens is 1. The first-order valence-corrected chi connectivity index (χ1v) is 6.10. The third-order valence-corrected chi connectivity index (χ3v) is 2.87. The Kier molecular flexibility index (Phi) is 3.83. The molecule has 0 aliphatic heterocycles. The van der Waals surface area contributed by atoms with E-state index in [9.17, 15) is 4.79 Å². The van der Waals surface area contributed by atoms with E-state index in [4.69, 9.17) is 15.1 Å². The molecule has 0 saturated carbocycles. The number of nitriles is 1. The molecule has 2 aromatic carbocycles. The first kappa shape index (κ1) is 13.1. The van der Waals surface area contributed by atoms with Gasteiger partial charge in [0.1, 0.15) is 17.6 Å². The van der Waals surface area contributed by atoms with E-state index in [1.54, 1.807) is 30.3 Å². The van der Waals surface area contributed by atoms with Gasteiger partial charge < -0.3 is 9.84 Å². The van der Waals surface area contributed by atoms with Gasteiger partial charge in [-0.3, -0.25) is 0 Å². The van der Waals surface area contributed by atoms with Crippen LogP contribution in [0.1, 0.15) is 15.9 Å². The molecular formula is C14H8BrNO3. The summed E-state index contributed by atoms with van der Waals surface area (Å²) in [6.45, 7) is 0. The summed E-state index contributed by atoms with van der Waals surface area (Å²) in [4.78, 5) is 10.9. The van der Waals surface area contributed by atoms with Crippen LogP contribution in [0.3, 0.4) is 0 Å². The maximum absolute atomic E-state index is 10.9. The summed E-state index contributed by atoms with van der Waals surface area (Å²) >= 11 is 3.29. The highest BCUT2D eigenvalue weighted by Gasteiger charge is 2.08. The Labute approximate surface area is 118 Å². The first-order chi connectivity index (χ1) is 9.10. The maximum Gasteiger partial charge on any atom is 0.335 e. The number of carboxylic acids is 1. The normalized spacial score (nSPS) is 9.68. The van der Waals surface area contributed by atoms with Crippen molar-refractivity contribution in [1.29, 1.82) is 5.26 Å². The second-order valence-electron chi connectivity index (χ2n) is 3.69. The Balaban J connectivity index is 2.36. The highest BCUT2D eigenvalue weighted by Crippen LogP contribution is 2.28. The van der Waals surface area contributed by atoms with Crippen LogP contribution < -0.4 is 4.74 Å². The minimum atomic E-state index is -1.03. The van der Waals surface area contributed by atoms with Gasteiger partial charge in [-0.25, -0.2) is 4.79 Å². The summed E-state index contributed by atoms with van der Waals surface area (Å²) in [5.74, 6) is -0.283. The minimum absolute atomic E-state index is 0.131. The molecule has 0 spiro atoms. The molecule has 0 heterocycles. The van der Waals surface area contributed by atoms with Gasteiger partial charge in [0.2, 0.25) is 0 Å². The van der Waals surface area contributed by atoms with Crippen molar-refractivity contribution in [3.05, 3.63) is 58.1 Å². The van der Waals surface area contributed by atoms with Crippen molar-refractivity contribution in [2.75, 3.05) is 0 Å². The molecule has 0 aromatic heterocycles. The molecule has 0 radical (unpaired) electrons. The summed E-state index contributed by atoms with van der Waals surface area (Å²) in [6.07, 6.45) is 0. The number of hydrogen-bond acceptors (Lipinski definition) is 3. The Hall–Kier alpha value is -2.32. The van der Waals surface area contributed by atoms with E-state index in [0.29, 0.717) is 17.1 Å². The van der Waals surface area contributed by atoms with Crippen LogP contribution in [0, 0.1) is 11.3 Å². The zero-order valence-electron chi connectivity index (χ0n) is 9.63. The monoisotopic (exact) mass is 317 g/mol. The van der Waals surface area contributed by atoms with Gasteiger partial charge in [-0.1, -0.05) is 22.0 Å². The Bertz CT molecular complexity index is 677. The second kappa shape index (κ2) is 5.55. The van der Waals surface area contributed by atoms with E-state index in [1.807, 2.05) is 6.07 Å². The average Bonchev–Trinajstić information content (AvgIpc) is 2.39. The molecule has 0 aliphatic rings.